The van der Waals surface area contributed by atoms with Gasteiger partial charge < -0.3 is 9.64 Å². The summed E-state index contributed by atoms with van der Waals surface area (Å²) in [6, 6.07) is 0. The summed E-state index contributed by atoms with van der Waals surface area (Å²) in [5, 5.41) is 0. The lowest BCUT2D eigenvalue weighted by Gasteiger charge is -2.14. The van der Waals surface area contributed by atoms with Gasteiger partial charge in [0, 0.05) is 31.0 Å². The fourth-order valence-electron chi connectivity index (χ4n) is 2.76. The van der Waals surface area contributed by atoms with Crippen molar-refractivity contribution < 1.29 is 14.3 Å². The molecule has 0 bridgehead atoms. The molecule has 1 aliphatic carbocycles. The van der Waals surface area contributed by atoms with Crippen LogP contribution in [0.3, 0.4) is 0 Å². The maximum atomic E-state index is 12.0. The van der Waals surface area contributed by atoms with Gasteiger partial charge in [0.2, 0.25) is 5.91 Å². The molecule has 4 heteroatoms. The van der Waals surface area contributed by atoms with E-state index in [1.165, 1.54) is 12.8 Å². The second-order valence-corrected chi connectivity index (χ2v) is 5.43. The van der Waals surface area contributed by atoms with Crippen LogP contribution in [-0.2, 0) is 14.3 Å². The number of esters is 1. The number of rotatable bonds is 4. The number of hydrogen-bond donors (Lipinski definition) is 0. The third-order valence-corrected chi connectivity index (χ3v) is 3.93. The number of carbonyl (C=O) groups is 2. The zero-order chi connectivity index (χ0) is 13.7. The van der Waals surface area contributed by atoms with Gasteiger partial charge in [0.25, 0.3) is 0 Å². The Morgan fingerprint density at radius 2 is 2.26 bits per heavy atom. The third kappa shape index (κ3) is 3.82. The highest BCUT2D eigenvalue weighted by atomic mass is 16.5. The fraction of sp³-hybridized carbons (Fsp3) is 0.733. The van der Waals surface area contributed by atoms with E-state index in [9.17, 15) is 9.59 Å². The van der Waals surface area contributed by atoms with Crippen LogP contribution in [-0.4, -0.2) is 36.5 Å². The monoisotopic (exact) mass is 265 g/mol. The van der Waals surface area contributed by atoms with Gasteiger partial charge in [-0.2, -0.15) is 0 Å². The molecule has 1 unspecified atom stereocenters. The number of ether oxygens (including phenoxy) is 1. The maximum absolute atomic E-state index is 12.0. The maximum Gasteiger partial charge on any atom is 0.333 e. The first-order valence-corrected chi connectivity index (χ1v) is 7.34. The Labute approximate surface area is 114 Å². The molecule has 2 aliphatic rings. The lowest BCUT2D eigenvalue weighted by molar-refractivity contribution is -0.140. The fourth-order valence-corrected chi connectivity index (χ4v) is 2.76. The van der Waals surface area contributed by atoms with Crippen molar-refractivity contribution in [2.75, 3.05) is 19.7 Å². The molecule has 2 rings (SSSR count). The van der Waals surface area contributed by atoms with Gasteiger partial charge >= 0.3 is 5.97 Å². The van der Waals surface area contributed by atoms with Crippen LogP contribution in [0.1, 0.15) is 45.4 Å². The molecule has 0 saturated carbocycles. The first kappa shape index (κ1) is 14.1. The molecule has 106 valence electrons. The average Bonchev–Trinajstić information content (AvgIpc) is 2.63. The molecule has 0 radical (unpaired) electrons. The van der Waals surface area contributed by atoms with Crippen LogP contribution in [0.15, 0.2) is 11.6 Å². The molecule has 1 atom stereocenters. The highest BCUT2D eigenvalue weighted by Gasteiger charge is 2.29. The van der Waals surface area contributed by atoms with E-state index in [1.54, 1.807) is 0 Å². The first-order valence-electron chi connectivity index (χ1n) is 7.34. The number of nitrogens with zero attached hydrogens (tertiary/aromatic N) is 1. The van der Waals surface area contributed by atoms with Crippen LogP contribution in [0, 0.1) is 5.92 Å². The standard InChI is InChI=1S/C15H23NO3/c1-2-16-10-12(9-14(16)17)11-19-15(18)13-7-5-3-4-6-8-13/h7,12H,2-6,8-11H2,1H3. The predicted octanol–water partition coefficient (Wildman–Crippen LogP) is 2.29. The summed E-state index contributed by atoms with van der Waals surface area (Å²) in [5.74, 6) is 0.171. The van der Waals surface area contributed by atoms with E-state index in [0.29, 0.717) is 13.0 Å². The summed E-state index contributed by atoms with van der Waals surface area (Å²) < 4.78 is 5.38. The molecule has 1 aliphatic heterocycles. The van der Waals surface area contributed by atoms with Gasteiger partial charge in [0.15, 0.2) is 0 Å². The molecule has 0 aromatic carbocycles. The Hall–Kier alpha value is -1.32. The van der Waals surface area contributed by atoms with Gasteiger partial charge in [-0.3, -0.25) is 4.79 Å². The SMILES string of the molecule is CCN1CC(COC(=O)C2=CCCCCC2)CC1=O. The molecule has 1 fully saturated rings. The normalized spacial score (nSPS) is 24.1. The van der Waals surface area contributed by atoms with Crippen molar-refractivity contribution in [1.82, 2.24) is 4.90 Å². The van der Waals surface area contributed by atoms with Gasteiger partial charge in [0.1, 0.15) is 0 Å². The van der Waals surface area contributed by atoms with Gasteiger partial charge in [-0.05, 0) is 32.6 Å². The largest absolute Gasteiger partial charge is 0.462 e. The lowest BCUT2D eigenvalue weighted by Crippen LogP contribution is -2.25. The van der Waals surface area contributed by atoms with Crippen LogP contribution in [0.2, 0.25) is 0 Å². The Morgan fingerprint density at radius 1 is 1.42 bits per heavy atom. The highest BCUT2D eigenvalue weighted by molar-refractivity contribution is 5.88. The Bertz CT molecular complexity index is 376. The minimum atomic E-state index is -0.177. The first-order chi connectivity index (χ1) is 9.20. The molecule has 0 aromatic heterocycles. The van der Waals surface area contributed by atoms with E-state index >= 15 is 0 Å². The number of amides is 1. The Kier molecular flexibility index (Phi) is 5.00. The van der Waals surface area contributed by atoms with Crippen molar-refractivity contribution >= 4 is 11.9 Å². The molecular weight excluding hydrogens is 242 g/mol. The Morgan fingerprint density at radius 3 is 3.00 bits per heavy atom. The number of carbonyl (C=O) groups excluding carboxylic acids is 2. The van der Waals surface area contributed by atoms with Crippen LogP contribution in [0.5, 0.6) is 0 Å². The molecule has 0 aromatic rings. The van der Waals surface area contributed by atoms with E-state index in [2.05, 4.69) is 0 Å². The van der Waals surface area contributed by atoms with Crippen LogP contribution in [0.25, 0.3) is 0 Å². The highest BCUT2D eigenvalue weighted by Crippen LogP contribution is 2.21. The molecule has 1 heterocycles. The van der Waals surface area contributed by atoms with Crippen molar-refractivity contribution in [3.05, 3.63) is 11.6 Å². The summed E-state index contributed by atoms with van der Waals surface area (Å²) in [7, 11) is 0. The topological polar surface area (TPSA) is 46.6 Å². The Balaban J connectivity index is 1.77. The summed E-state index contributed by atoms with van der Waals surface area (Å²) in [5.41, 5.74) is 0.828. The second kappa shape index (κ2) is 6.73. The molecule has 19 heavy (non-hydrogen) atoms. The van der Waals surface area contributed by atoms with Gasteiger partial charge in [-0.1, -0.05) is 12.5 Å². The minimum Gasteiger partial charge on any atom is -0.462 e. The van der Waals surface area contributed by atoms with E-state index in [0.717, 1.165) is 37.9 Å². The van der Waals surface area contributed by atoms with Crippen LogP contribution in [0.4, 0.5) is 0 Å². The minimum absolute atomic E-state index is 0.169. The average molecular weight is 265 g/mol. The zero-order valence-corrected chi connectivity index (χ0v) is 11.7. The van der Waals surface area contributed by atoms with E-state index < -0.39 is 0 Å². The molecule has 0 N–H and O–H groups in total. The number of hydrogen-bond acceptors (Lipinski definition) is 3. The lowest BCUT2D eigenvalue weighted by atomic mass is 10.1. The number of allylic oxidation sites excluding steroid dienone is 1. The van der Waals surface area contributed by atoms with Gasteiger partial charge in [0.05, 0.1) is 6.61 Å². The van der Waals surface area contributed by atoms with Crippen molar-refractivity contribution in [3.8, 4) is 0 Å². The van der Waals surface area contributed by atoms with Crippen molar-refractivity contribution in [3.63, 3.8) is 0 Å². The summed E-state index contributed by atoms with van der Waals surface area (Å²) in [6.45, 7) is 3.82. The zero-order valence-electron chi connectivity index (χ0n) is 11.7. The summed E-state index contributed by atoms with van der Waals surface area (Å²) in [6.07, 6.45) is 7.79. The molecule has 0 spiro atoms. The van der Waals surface area contributed by atoms with Gasteiger partial charge in [-0.25, -0.2) is 4.79 Å². The molecule has 1 saturated heterocycles. The number of likely N-dealkylation sites (tertiary alicyclic amines) is 1. The smallest absolute Gasteiger partial charge is 0.333 e. The van der Waals surface area contributed by atoms with Gasteiger partial charge in [-0.15, -0.1) is 0 Å². The molecular formula is C15H23NO3. The second-order valence-electron chi connectivity index (χ2n) is 5.43. The van der Waals surface area contributed by atoms with Crippen LogP contribution >= 0.6 is 0 Å². The summed E-state index contributed by atoms with van der Waals surface area (Å²) in [4.78, 5) is 25.4. The van der Waals surface area contributed by atoms with E-state index in [1.807, 2.05) is 17.9 Å². The quantitative estimate of drug-likeness (QED) is 0.733. The van der Waals surface area contributed by atoms with Crippen molar-refractivity contribution in [2.24, 2.45) is 5.92 Å². The molecule has 4 nitrogen and oxygen atoms in total. The predicted molar refractivity (Wildman–Crippen MR) is 72.5 cm³/mol. The van der Waals surface area contributed by atoms with Crippen molar-refractivity contribution in [1.29, 1.82) is 0 Å². The van der Waals surface area contributed by atoms with E-state index in [4.69, 9.17) is 4.74 Å². The van der Waals surface area contributed by atoms with E-state index in [-0.39, 0.29) is 17.8 Å². The van der Waals surface area contributed by atoms with Crippen molar-refractivity contribution in [2.45, 2.75) is 45.4 Å². The summed E-state index contributed by atoms with van der Waals surface area (Å²) >= 11 is 0. The van der Waals surface area contributed by atoms with Crippen LogP contribution < -0.4 is 0 Å². The molecule has 1 amide bonds. The third-order valence-electron chi connectivity index (χ3n) is 3.93.